The molecule has 0 saturated heterocycles. The van der Waals surface area contributed by atoms with Crippen LogP contribution in [0.1, 0.15) is 19.4 Å². The van der Waals surface area contributed by atoms with Crippen LogP contribution in [0.5, 0.6) is 11.5 Å². The van der Waals surface area contributed by atoms with Crippen LogP contribution in [-0.4, -0.2) is 31.6 Å². The summed E-state index contributed by atoms with van der Waals surface area (Å²) in [6.07, 6.45) is 0. The molecule has 1 heterocycles. The summed E-state index contributed by atoms with van der Waals surface area (Å²) in [5.74, 6) is 1.04. The topological polar surface area (TPSA) is 67.9 Å². The van der Waals surface area contributed by atoms with Gasteiger partial charge in [-0.25, -0.2) is 0 Å². The second-order valence-corrected chi connectivity index (χ2v) is 6.82. The Kier molecular flexibility index (Phi) is 5.64. The van der Waals surface area contributed by atoms with E-state index in [0.29, 0.717) is 30.3 Å². The lowest BCUT2D eigenvalue weighted by molar-refractivity contribution is -0.121. The predicted molar refractivity (Wildman–Crippen MR) is 104 cm³/mol. The third kappa shape index (κ3) is 4.58. The Balaban J connectivity index is 1.71. The van der Waals surface area contributed by atoms with E-state index in [9.17, 15) is 9.59 Å². The fourth-order valence-corrected chi connectivity index (χ4v) is 2.70. The van der Waals surface area contributed by atoms with Crippen molar-refractivity contribution in [1.82, 2.24) is 0 Å². The molecule has 2 amide bonds. The number of benzene rings is 2. The molecule has 0 aliphatic carbocycles. The van der Waals surface area contributed by atoms with Gasteiger partial charge in [0.05, 0.1) is 12.2 Å². The Bertz CT molecular complexity index is 831. The number of hydrogen-bond donors (Lipinski definition) is 1. The maximum absolute atomic E-state index is 12.3. The van der Waals surface area contributed by atoms with Gasteiger partial charge in [0.1, 0.15) is 18.1 Å². The van der Waals surface area contributed by atoms with E-state index in [4.69, 9.17) is 9.47 Å². The Hall–Kier alpha value is -3.02. The molecule has 2 aromatic rings. The molecular formula is C21H24N2O4. The first kappa shape index (κ1) is 18.8. The van der Waals surface area contributed by atoms with Crippen LogP contribution in [0.3, 0.4) is 0 Å². The number of amides is 2. The summed E-state index contributed by atoms with van der Waals surface area (Å²) in [7, 11) is 0. The van der Waals surface area contributed by atoms with E-state index in [1.807, 2.05) is 45.0 Å². The molecule has 0 spiro atoms. The number of nitrogens with zero attached hydrogens (tertiary/aromatic N) is 1. The standard InChI is InChI=1S/C21H24N2O4/c1-14(2)21(25)22-16-6-9-19-18(12-16)23(20(24)13-27-19)10-11-26-17-7-4-15(3)5-8-17/h4-9,12,14H,10-11,13H2,1-3H3,(H,22,25). The second-order valence-electron chi connectivity index (χ2n) is 6.82. The predicted octanol–water partition coefficient (Wildman–Crippen LogP) is 3.39. The molecule has 0 bridgehead atoms. The molecule has 6 nitrogen and oxygen atoms in total. The quantitative estimate of drug-likeness (QED) is 0.849. The first-order valence-corrected chi connectivity index (χ1v) is 9.01. The van der Waals surface area contributed by atoms with Crippen LogP contribution in [0, 0.1) is 12.8 Å². The van der Waals surface area contributed by atoms with Gasteiger partial charge in [-0.2, -0.15) is 0 Å². The van der Waals surface area contributed by atoms with E-state index in [-0.39, 0.29) is 24.3 Å². The van der Waals surface area contributed by atoms with Gasteiger partial charge < -0.3 is 19.7 Å². The first-order valence-electron chi connectivity index (χ1n) is 9.01. The summed E-state index contributed by atoms with van der Waals surface area (Å²) >= 11 is 0. The van der Waals surface area contributed by atoms with Gasteiger partial charge >= 0.3 is 0 Å². The monoisotopic (exact) mass is 368 g/mol. The lowest BCUT2D eigenvalue weighted by Gasteiger charge is -2.29. The number of nitrogens with one attached hydrogen (secondary N) is 1. The molecule has 0 radical (unpaired) electrons. The Morgan fingerprint density at radius 2 is 1.96 bits per heavy atom. The normalized spacial score (nSPS) is 13.2. The zero-order valence-corrected chi connectivity index (χ0v) is 15.8. The maximum atomic E-state index is 12.3. The van der Waals surface area contributed by atoms with Crippen LogP contribution in [0.4, 0.5) is 11.4 Å². The van der Waals surface area contributed by atoms with E-state index >= 15 is 0 Å². The van der Waals surface area contributed by atoms with Gasteiger partial charge in [-0.05, 0) is 37.3 Å². The van der Waals surface area contributed by atoms with Crippen LogP contribution in [-0.2, 0) is 9.59 Å². The second kappa shape index (κ2) is 8.12. The molecular weight excluding hydrogens is 344 g/mol. The zero-order valence-electron chi connectivity index (χ0n) is 15.8. The fraction of sp³-hybridized carbons (Fsp3) is 0.333. The van der Waals surface area contributed by atoms with E-state index in [1.165, 1.54) is 0 Å². The minimum Gasteiger partial charge on any atom is -0.492 e. The highest BCUT2D eigenvalue weighted by Crippen LogP contribution is 2.34. The maximum Gasteiger partial charge on any atom is 0.265 e. The molecule has 142 valence electrons. The van der Waals surface area contributed by atoms with Crippen LogP contribution in [0.25, 0.3) is 0 Å². The summed E-state index contributed by atoms with van der Waals surface area (Å²) in [6, 6.07) is 13.1. The van der Waals surface area contributed by atoms with Crippen molar-refractivity contribution in [2.24, 2.45) is 5.92 Å². The lowest BCUT2D eigenvalue weighted by Crippen LogP contribution is -2.41. The highest BCUT2D eigenvalue weighted by molar-refractivity contribution is 5.99. The van der Waals surface area contributed by atoms with Gasteiger partial charge in [-0.15, -0.1) is 0 Å². The number of hydrogen-bond acceptors (Lipinski definition) is 4. The van der Waals surface area contributed by atoms with Crippen molar-refractivity contribution >= 4 is 23.2 Å². The Morgan fingerprint density at radius 1 is 1.22 bits per heavy atom. The van der Waals surface area contributed by atoms with Crippen molar-refractivity contribution in [3.05, 3.63) is 48.0 Å². The van der Waals surface area contributed by atoms with Crippen molar-refractivity contribution in [2.75, 3.05) is 30.0 Å². The zero-order chi connectivity index (χ0) is 19.4. The van der Waals surface area contributed by atoms with Gasteiger partial charge in [0.2, 0.25) is 5.91 Å². The van der Waals surface area contributed by atoms with Crippen LogP contribution in [0.15, 0.2) is 42.5 Å². The third-order valence-corrected chi connectivity index (χ3v) is 4.30. The Labute approximate surface area is 159 Å². The van der Waals surface area contributed by atoms with Crippen molar-refractivity contribution in [3.8, 4) is 11.5 Å². The number of carbonyl (C=O) groups is 2. The average molecular weight is 368 g/mol. The largest absolute Gasteiger partial charge is 0.492 e. The molecule has 27 heavy (non-hydrogen) atoms. The molecule has 0 unspecified atom stereocenters. The van der Waals surface area contributed by atoms with E-state index in [0.717, 1.165) is 11.3 Å². The first-order chi connectivity index (χ1) is 12.9. The van der Waals surface area contributed by atoms with Crippen molar-refractivity contribution in [2.45, 2.75) is 20.8 Å². The molecule has 0 fully saturated rings. The van der Waals surface area contributed by atoms with Gasteiger partial charge in [-0.3, -0.25) is 9.59 Å². The molecule has 1 aliphatic rings. The van der Waals surface area contributed by atoms with E-state index < -0.39 is 0 Å². The minimum absolute atomic E-state index is 0.00473. The van der Waals surface area contributed by atoms with E-state index in [1.54, 1.807) is 23.1 Å². The molecule has 6 heteroatoms. The highest BCUT2D eigenvalue weighted by atomic mass is 16.5. The van der Waals surface area contributed by atoms with Crippen LogP contribution < -0.4 is 19.7 Å². The number of fused-ring (bicyclic) bond motifs is 1. The molecule has 0 saturated carbocycles. The number of anilines is 2. The lowest BCUT2D eigenvalue weighted by atomic mass is 10.1. The van der Waals surface area contributed by atoms with E-state index in [2.05, 4.69) is 5.32 Å². The number of aryl methyl sites for hydroxylation is 1. The van der Waals surface area contributed by atoms with Crippen molar-refractivity contribution in [3.63, 3.8) is 0 Å². The summed E-state index contributed by atoms with van der Waals surface area (Å²) in [4.78, 5) is 25.9. The summed E-state index contributed by atoms with van der Waals surface area (Å²) in [5.41, 5.74) is 2.44. The van der Waals surface area contributed by atoms with Gasteiger partial charge in [0.15, 0.2) is 6.61 Å². The van der Waals surface area contributed by atoms with Gasteiger partial charge in [0.25, 0.3) is 5.91 Å². The highest BCUT2D eigenvalue weighted by Gasteiger charge is 2.26. The molecule has 2 aromatic carbocycles. The molecule has 0 aromatic heterocycles. The molecule has 3 rings (SSSR count). The Morgan fingerprint density at radius 3 is 2.67 bits per heavy atom. The van der Waals surface area contributed by atoms with Crippen molar-refractivity contribution in [1.29, 1.82) is 0 Å². The average Bonchev–Trinajstić information content (AvgIpc) is 2.65. The van der Waals surface area contributed by atoms with Gasteiger partial charge in [0, 0.05) is 11.6 Å². The smallest absolute Gasteiger partial charge is 0.265 e. The van der Waals surface area contributed by atoms with Crippen molar-refractivity contribution < 1.29 is 19.1 Å². The summed E-state index contributed by atoms with van der Waals surface area (Å²) in [5, 5.41) is 2.85. The molecule has 1 N–H and O–H groups in total. The van der Waals surface area contributed by atoms with Gasteiger partial charge in [-0.1, -0.05) is 31.5 Å². The summed E-state index contributed by atoms with van der Waals surface area (Å²) in [6.45, 7) is 6.42. The number of carbonyl (C=O) groups excluding carboxylic acids is 2. The third-order valence-electron chi connectivity index (χ3n) is 4.30. The minimum atomic E-state index is -0.137. The SMILES string of the molecule is Cc1ccc(OCCN2C(=O)COc3ccc(NC(=O)C(C)C)cc32)cc1. The fourth-order valence-electron chi connectivity index (χ4n) is 2.70. The molecule has 1 aliphatic heterocycles. The van der Waals surface area contributed by atoms with Crippen LogP contribution in [0.2, 0.25) is 0 Å². The number of ether oxygens (including phenoxy) is 2. The summed E-state index contributed by atoms with van der Waals surface area (Å²) < 4.78 is 11.3. The van der Waals surface area contributed by atoms with Crippen LogP contribution >= 0.6 is 0 Å². The number of rotatable bonds is 6. The molecule has 0 atom stereocenters.